The molecule has 0 radical (unpaired) electrons. The fourth-order valence-electron chi connectivity index (χ4n) is 2.18. The fourth-order valence-corrected chi connectivity index (χ4v) is 2.44. The number of fused-ring (bicyclic) bond motifs is 1. The summed E-state index contributed by atoms with van der Waals surface area (Å²) in [4.78, 5) is 4.45. The number of halogens is 1. The smallest absolute Gasteiger partial charge is 0.0856 e. The molecule has 0 aliphatic rings. The van der Waals surface area contributed by atoms with Crippen LogP contribution in [0.2, 0.25) is 5.02 Å². The zero-order chi connectivity index (χ0) is 12.4. The molecule has 3 rings (SSSR count). The van der Waals surface area contributed by atoms with Crippen LogP contribution in [0.5, 0.6) is 0 Å². The summed E-state index contributed by atoms with van der Waals surface area (Å²) in [5, 5.41) is 0.770. The van der Waals surface area contributed by atoms with Crippen molar-refractivity contribution >= 4 is 17.1 Å². The lowest BCUT2D eigenvalue weighted by atomic mass is 10.1. The minimum atomic E-state index is 0.770. The first kappa shape index (κ1) is 11.3. The Balaban J connectivity index is 1.89. The Bertz CT molecular complexity index is 659. The molecule has 0 unspecified atom stereocenters. The van der Waals surface area contributed by atoms with Crippen LogP contribution < -0.4 is 0 Å². The molecule has 0 fully saturated rings. The second-order valence-corrected chi connectivity index (χ2v) is 4.69. The predicted molar refractivity (Wildman–Crippen MR) is 74.1 cm³/mol. The Labute approximate surface area is 111 Å². The highest BCUT2D eigenvalue weighted by molar-refractivity contribution is 6.34. The van der Waals surface area contributed by atoms with E-state index in [4.69, 9.17) is 11.6 Å². The van der Waals surface area contributed by atoms with Crippen molar-refractivity contribution in [2.75, 3.05) is 0 Å². The Morgan fingerprint density at radius 2 is 1.83 bits per heavy atom. The van der Waals surface area contributed by atoms with Crippen LogP contribution in [0.25, 0.3) is 5.52 Å². The van der Waals surface area contributed by atoms with E-state index < -0.39 is 0 Å². The topological polar surface area (TPSA) is 17.3 Å². The number of aryl methyl sites for hydroxylation is 2. The molecular weight excluding hydrogens is 244 g/mol. The van der Waals surface area contributed by atoms with Gasteiger partial charge in [-0.1, -0.05) is 41.9 Å². The Morgan fingerprint density at radius 1 is 1.00 bits per heavy atom. The van der Waals surface area contributed by atoms with Crippen molar-refractivity contribution < 1.29 is 0 Å². The van der Waals surface area contributed by atoms with Gasteiger partial charge in [0.05, 0.1) is 16.2 Å². The van der Waals surface area contributed by atoms with Gasteiger partial charge in [0.1, 0.15) is 0 Å². The van der Waals surface area contributed by atoms with Crippen LogP contribution in [-0.2, 0) is 12.8 Å². The molecule has 0 atom stereocenters. The highest BCUT2D eigenvalue weighted by atomic mass is 35.5. The summed E-state index contributed by atoms with van der Waals surface area (Å²) in [6.45, 7) is 0. The summed E-state index contributed by atoms with van der Waals surface area (Å²) in [6.07, 6.45) is 7.59. The van der Waals surface area contributed by atoms with Gasteiger partial charge in [0.15, 0.2) is 0 Å². The van der Waals surface area contributed by atoms with Gasteiger partial charge in [-0.25, -0.2) is 0 Å². The van der Waals surface area contributed by atoms with Gasteiger partial charge in [0.25, 0.3) is 0 Å². The molecule has 0 bridgehead atoms. The molecule has 0 N–H and O–H groups in total. The molecule has 0 aliphatic carbocycles. The largest absolute Gasteiger partial charge is 0.319 e. The van der Waals surface area contributed by atoms with Crippen LogP contribution >= 0.6 is 11.6 Å². The summed E-state index contributed by atoms with van der Waals surface area (Å²) in [5.74, 6) is 0. The summed E-state index contributed by atoms with van der Waals surface area (Å²) in [6, 6.07) is 12.3. The zero-order valence-electron chi connectivity index (χ0n) is 9.88. The first-order valence-corrected chi connectivity index (χ1v) is 6.36. The predicted octanol–water partition coefficient (Wildman–Crippen LogP) is 3.77. The van der Waals surface area contributed by atoms with E-state index in [1.165, 1.54) is 5.56 Å². The number of hydrogen-bond acceptors (Lipinski definition) is 1. The third-order valence-electron chi connectivity index (χ3n) is 3.09. The number of benzene rings is 1. The highest BCUT2D eigenvalue weighted by Gasteiger charge is 2.07. The van der Waals surface area contributed by atoms with Crippen LogP contribution in [-0.4, -0.2) is 9.38 Å². The number of rotatable bonds is 3. The maximum absolute atomic E-state index is 6.20. The van der Waals surface area contributed by atoms with E-state index in [1.54, 1.807) is 0 Å². The molecular formula is C15H13ClN2. The molecule has 1 aromatic carbocycles. The summed E-state index contributed by atoms with van der Waals surface area (Å²) in [5.41, 5.74) is 3.40. The van der Waals surface area contributed by atoms with E-state index in [1.807, 2.05) is 35.1 Å². The van der Waals surface area contributed by atoms with E-state index in [0.29, 0.717) is 0 Å². The Kier molecular flexibility index (Phi) is 3.03. The number of aromatic nitrogens is 2. The lowest BCUT2D eigenvalue weighted by molar-refractivity contribution is 0.907. The van der Waals surface area contributed by atoms with Gasteiger partial charge < -0.3 is 4.40 Å². The monoisotopic (exact) mass is 256 g/mol. The van der Waals surface area contributed by atoms with Gasteiger partial charge in [-0.15, -0.1) is 0 Å². The van der Waals surface area contributed by atoms with E-state index >= 15 is 0 Å². The average Bonchev–Trinajstić information content (AvgIpc) is 2.80. The Morgan fingerprint density at radius 3 is 2.67 bits per heavy atom. The molecule has 0 saturated carbocycles. The SMILES string of the molecule is Clc1ccn2ccnc(CCc3ccccc3)c12. The number of nitrogens with zero attached hydrogens (tertiary/aromatic N) is 2. The van der Waals surface area contributed by atoms with Crippen molar-refractivity contribution in [2.24, 2.45) is 0 Å². The van der Waals surface area contributed by atoms with Crippen molar-refractivity contribution in [3.8, 4) is 0 Å². The van der Waals surface area contributed by atoms with Gasteiger partial charge in [-0.2, -0.15) is 0 Å². The maximum Gasteiger partial charge on any atom is 0.0856 e. The van der Waals surface area contributed by atoms with Crippen LogP contribution in [0, 0.1) is 0 Å². The van der Waals surface area contributed by atoms with E-state index in [9.17, 15) is 0 Å². The van der Waals surface area contributed by atoms with Crippen LogP contribution in [0.3, 0.4) is 0 Å². The van der Waals surface area contributed by atoms with Gasteiger partial charge in [0, 0.05) is 18.6 Å². The lowest BCUT2D eigenvalue weighted by Crippen LogP contribution is -1.98. The zero-order valence-corrected chi connectivity index (χ0v) is 10.6. The van der Waals surface area contributed by atoms with E-state index in [0.717, 1.165) is 29.1 Å². The summed E-state index contributed by atoms with van der Waals surface area (Å²) >= 11 is 6.20. The number of hydrogen-bond donors (Lipinski definition) is 0. The van der Waals surface area contributed by atoms with E-state index in [2.05, 4.69) is 29.2 Å². The molecule has 0 spiro atoms. The molecule has 0 aliphatic heterocycles. The first-order chi connectivity index (χ1) is 8.84. The molecule has 0 saturated heterocycles. The minimum Gasteiger partial charge on any atom is -0.319 e. The third kappa shape index (κ3) is 2.12. The average molecular weight is 257 g/mol. The van der Waals surface area contributed by atoms with E-state index in [-0.39, 0.29) is 0 Å². The maximum atomic E-state index is 6.20. The normalized spacial score (nSPS) is 10.9. The van der Waals surface area contributed by atoms with Crippen molar-refractivity contribution in [1.29, 1.82) is 0 Å². The molecule has 18 heavy (non-hydrogen) atoms. The highest BCUT2D eigenvalue weighted by Crippen LogP contribution is 2.21. The fraction of sp³-hybridized carbons (Fsp3) is 0.133. The van der Waals surface area contributed by atoms with Crippen molar-refractivity contribution in [1.82, 2.24) is 9.38 Å². The quantitative estimate of drug-likeness (QED) is 0.697. The van der Waals surface area contributed by atoms with Gasteiger partial charge in [-0.3, -0.25) is 4.98 Å². The second kappa shape index (κ2) is 4.83. The van der Waals surface area contributed by atoms with Crippen molar-refractivity contribution in [3.63, 3.8) is 0 Å². The molecule has 90 valence electrons. The summed E-state index contributed by atoms with van der Waals surface area (Å²) < 4.78 is 2.02. The molecule has 3 aromatic rings. The van der Waals surface area contributed by atoms with Gasteiger partial charge in [-0.05, 0) is 24.5 Å². The van der Waals surface area contributed by atoms with Crippen LogP contribution in [0.4, 0.5) is 0 Å². The van der Waals surface area contributed by atoms with Crippen molar-refractivity contribution in [3.05, 3.63) is 71.3 Å². The summed E-state index contributed by atoms with van der Waals surface area (Å²) in [7, 11) is 0. The minimum absolute atomic E-state index is 0.770. The van der Waals surface area contributed by atoms with Crippen LogP contribution in [0.1, 0.15) is 11.3 Å². The molecule has 2 aromatic heterocycles. The van der Waals surface area contributed by atoms with Gasteiger partial charge >= 0.3 is 0 Å². The third-order valence-corrected chi connectivity index (χ3v) is 3.40. The van der Waals surface area contributed by atoms with Gasteiger partial charge in [0.2, 0.25) is 0 Å². The molecule has 2 nitrogen and oxygen atoms in total. The lowest BCUT2D eigenvalue weighted by Gasteiger charge is -2.04. The van der Waals surface area contributed by atoms with Crippen LogP contribution in [0.15, 0.2) is 55.0 Å². The van der Waals surface area contributed by atoms with Crippen molar-refractivity contribution in [2.45, 2.75) is 12.8 Å². The Hall–Kier alpha value is -1.80. The molecule has 3 heteroatoms. The standard InChI is InChI=1S/C15H13ClN2/c16-13-8-10-18-11-9-17-14(15(13)18)7-6-12-4-2-1-3-5-12/h1-5,8-11H,6-7H2. The molecule has 2 heterocycles. The first-order valence-electron chi connectivity index (χ1n) is 5.98. The second-order valence-electron chi connectivity index (χ2n) is 4.28. The molecule has 0 amide bonds.